The Labute approximate surface area is 126 Å². The van der Waals surface area contributed by atoms with Gasteiger partial charge in [-0.3, -0.25) is 0 Å². The monoisotopic (exact) mass is 304 g/mol. The standard InChI is InChI=1S/C16H14ClFN2O/c1-21-14-7-3-6-13-16(14)19-15(9-17)20(13)10-11-4-2-5-12(18)8-11/h2-8H,9-10H2,1H3. The molecule has 3 aromatic rings. The van der Waals surface area contributed by atoms with Gasteiger partial charge in [0.1, 0.15) is 22.9 Å². The van der Waals surface area contributed by atoms with Crippen molar-refractivity contribution in [3.05, 3.63) is 59.7 Å². The Hall–Kier alpha value is -2.07. The molecule has 0 radical (unpaired) electrons. The summed E-state index contributed by atoms with van der Waals surface area (Å²) in [4.78, 5) is 4.53. The van der Waals surface area contributed by atoms with Crippen LogP contribution in [0.15, 0.2) is 42.5 Å². The van der Waals surface area contributed by atoms with Crippen molar-refractivity contribution >= 4 is 22.6 Å². The van der Waals surface area contributed by atoms with Crippen LogP contribution in [0, 0.1) is 5.82 Å². The highest BCUT2D eigenvalue weighted by atomic mass is 35.5. The van der Waals surface area contributed by atoms with E-state index < -0.39 is 0 Å². The Morgan fingerprint density at radius 3 is 2.76 bits per heavy atom. The van der Waals surface area contributed by atoms with E-state index in [0.717, 1.165) is 22.4 Å². The molecule has 1 heterocycles. The second-order valence-corrected chi connectivity index (χ2v) is 4.97. The van der Waals surface area contributed by atoms with Gasteiger partial charge >= 0.3 is 0 Å². The molecule has 2 aromatic carbocycles. The van der Waals surface area contributed by atoms with Gasteiger partial charge in [0.25, 0.3) is 0 Å². The third kappa shape index (κ3) is 2.59. The fraction of sp³-hybridized carbons (Fsp3) is 0.188. The van der Waals surface area contributed by atoms with Crippen molar-refractivity contribution in [2.24, 2.45) is 0 Å². The van der Waals surface area contributed by atoms with Crippen molar-refractivity contribution in [2.45, 2.75) is 12.4 Å². The number of methoxy groups -OCH3 is 1. The molecule has 0 aliphatic rings. The molecule has 0 saturated heterocycles. The largest absolute Gasteiger partial charge is 0.494 e. The van der Waals surface area contributed by atoms with E-state index in [-0.39, 0.29) is 11.7 Å². The normalized spacial score (nSPS) is 11.0. The maximum Gasteiger partial charge on any atom is 0.146 e. The first-order chi connectivity index (χ1) is 10.2. The van der Waals surface area contributed by atoms with Gasteiger partial charge in [0.2, 0.25) is 0 Å². The van der Waals surface area contributed by atoms with Crippen LogP contribution in [-0.2, 0) is 12.4 Å². The van der Waals surface area contributed by atoms with Gasteiger partial charge in [-0.15, -0.1) is 11.6 Å². The number of alkyl halides is 1. The Morgan fingerprint density at radius 1 is 1.24 bits per heavy atom. The second-order valence-electron chi connectivity index (χ2n) is 4.71. The van der Waals surface area contributed by atoms with Gasteiger partial charge in [0.15, 0.2) is 0 Å². The van der Waals surface area contributed by atoms with Crippen LogP contribution in [0.3, 0.4) is 0 Å². The summed E-state index contributed by atoms with van der Waals surface area (Å²) >= 11 is 6.00. The lowest BCUT2D eigenvalue weighted by atomic mass is 10.2. The Balaban J connectivity index is 2.12. The molecule has 0 aliphatic carbocycles. The van der Waals surface area contributed by atoms with Crippen LogP contribution in [0.5, 0.6) is 5.75 Å². The van der Waals surface area contributed by atoms with Gasteiger partial charge in [-0.2, -0.15) is 0 Å². The minimum absolute atomic E-state index is 0.248. The highest BCUT2D eigenvalue weighted by Gasteiger charge is 2.13. The first-order valence-electron chi connectivity index (χ1n) is 6.55. The van der Waals surface area contributed by atoms with Crippen LogP contribution in [0.25, 0.3) is 11.0 Å². The predicted molar refractivity (Wildman–Crippen MR) is 81.3 cm³/mol. The highest BCUT2D eigenvalue weighted by Crippen LogP contribution is 2.27. The third-order valence-corrected chi connectivity index (χ3v) is 3.63. The summed E-state index contributed by atoms with van der Waals surface area (Å²) in [7, 11) is 1.61. The number of aromatic nitrogens is 2. The van der Waals surface area contributed by atoms with E-state index in [2.05, 4.69) is 4.98 Å². The minimum Gasteiger partial charge on any atom is -0.494 e. The van der Waals surface area contributed by atoms with E-state index in [4.69, 9.17) is 16.3 Å². The molecule has 0 saturated carbocycles. The number of hydrogen-bond acceptors (Lipinski definition) is 2. The Kier molecular flexibility index (Phi) is 3.80. The van der Waals surface area contributed by atoms with Crippen molar-refractivity contribution in [3.8, 4) is 5.75 Å². The molecule has 0 spiro atoms. The van der Waals surface area contributed by atoms with Crippen molar-refractivity contribution < 1.29 is 9.13 Å². The van der Waals surface area contributed by atoms with Gasteiger partial charge in [0.05, 0.1) is 18.5 Å². The number of fused-ring (bicyclic) bond motifs is 1. The topological polar surface area (TPSA) is 27.1 Å². The fourth-order valence-corrected chi connectivity index (χ4v) is 2.63. The molecule has 0 atom stereocenters. The van der Waals surface area contributed by atoms with Gasteiger partial charge in [-0.05, 0) is 29.8 Å². The molecule has 0 fully saturated rings. The van der Waals surface area contributed by atoms with Gasteiger partial charge in [-0.1, -0.05) is 18.2 Å². The summed E-state index contributed by atoms with van der Waals surface area (Å²) < 4.78 is 20.7. The molecule has 0 amide bonds. The van der Waals surface area contributed by atoms with E-state index in [1.165, 1.54) is 12.1 Å². The van der Waals surface area contributed by atoms with E-state index in [0.29, 0.717) is 12.3 Å². The summed E-state index contributed by atoms with van der Waals surface area (Å²) in [6.07, 6.45) is 0. The average molecular weight is 305 g/mol. The summed E-state index contributed by atoms with van der Waals surface area (Å²) in [5, 5.41) is 0. The molecule has 1 aromatic heterocycles. The molecule has 5 heteroatoms. The number of nitrogens with zero attached hydrogens (tertiary/aromatic N) is 2. The van der Waals surface area contributed by atoms with Gasteiger partial charge in [-0.25, -0.2) is 9.37 Å². The third-order valence-electron chi connectivity index (χ3n) is 3.39. The van der Waals surface area contributed by atoms with Gasteiger partial charge in [0, 0.05) is 6.54 Å². The Morgan fingerprint density at radius 2 is 2.05 bits per heavy atom. The first-order valence-corrected chi connectivity index (χ1v) is 7.09. The number of rotatable bonds is 4. The van der Waals surface area contributed by atoms with Crippen molar-refractivity contribution in [2.75, 3.05) is 7.11 Å². The molecule has 3 rings (SSSR count). The quantitative estimate of drug-likeness (QED) is 0.682. The fourth-order valence-electron chi connectivity index (χ4n) is 2.43. The molecular weight excluding hydrogens is 291 g/mol. The molecule has 0 bridgehead atoms. The summed E-state index contributed by atoms with van der Waals surface area (Å²) in [6.45, 7) is 0.517. The molecular formula is C16H14ClFN2O. The smallest absolute Gasteiger partial charge is 0.146 e. The molecule has 3 nitrogen and oxygen atoms in total. The van der Waals surface area contributed by atoms with E-state index in [1.807, 2.05) is 28.8 Å². The zero-order chi connectivity index (χ0) is 14.8. The maximum absolute atomic E-state index is 13.3. The number of halogens is 2. The highest BCUT2D eigenvalue weighted by molar-refractivity contribution is 6.16. The van der Waals surface area contributed by atoms with Crippen LogP contribution >= 0.6 is 11.6 Å². The summed E-state index contributed by atoms with van der Waals surface area (Å²) in [6, 6.07) is 12.3. The molecule has 0 aliphatic heterocycles. The van der Waals surface area contributed by atoms with Crippen molar-refractivity contribution in [1.82, 2.24) is 9.55 Å². The number of para-hydroxylation sites is 1. The molecule has 0 N–H and O–H groups in total. The van der Waals surface area contributed by atoms with Gasteiger partial charge < -0.3 is 9.30 Å². The number of ether oxygens (including phenoxy) is 1. The van der Waals surface area contributed by atoms with Crippen LogP contribution < -0.4 is 4.74 Å². The second kappa shape index (κ2) is 5.74. The minimum atomic E-state index is -0.248. The lowest BCUT2D eigenvalue weighted by Gasteiger charge is -2.08. The number of imidazole rings is 1. The van der Waals surface area contributed by atoms with Crippen LogP contribution in [0.4, 0.5) is 4.39 Å². The number of hydrogen-bond donors (Lipinski definition) is 0. The molecule has 0 unspecified atom stereocenters. The van der Waals surface area contributed by atoms with Crippen molar-refractivity contribution in [1.29, 1.82) is 0 Å². The summed E-state index contributed by atoms with van der Waals surface area (Å²) in [5.74, 6) is 1.48. The zero-order valence-corrected chi connectivity index (χ0v) is 12.3. The molecule has 21 heavy (non-hydrogen) atoms. The zero-order valence-electron chi connectivity index (χ0n) is 11.5. The lowest BCUT2D eigenvalue weighted by molar-refractivity contribution is 0.419. The first kappa shape index (κ1) is 13.9. The molecule has 108 valence electrons. The van der Waals surface area contributed by atoms with Crippen molar-refractivity contribution in [3.63, 3.8) is 0 Å². The van der Waals surface area contributed by atoms with E-state index >= 15 is 0 Å². The predicted octanol–water partition coefficient (Wildman–Crippen LogP) is 3.97. The Bertz CT molecular complexity index is 785. The van der Waals surface area contributed by atoms with Crippen LogP contribution in [0.1, 0.15) is 11.4 Å². The average Bonchev–Trinajstić information content (AvgIpc) is 2.85. The maximum atomic E-state index is 13.3. The van der Waals surface area contributed by atoms with E-state index in [9.17, 15) is 4.39 Å². The number of benzene rings is 2. The SMILES string of the molecule is COc1cccc2c1nc(CCl)n2Cc1cccc(F)c1. The van der Waals surface area contributed by atoms with Crippen LogP contribution in [0.2, 0.25) is 0 Å². The lowest BCUT2D eigenvalue weighted by Crippen LogP contribution is -2.04. The van der Waals surface area contributed by atoms with E-state index in [1.54, 1.807) is 13.2 Å². The van der Waals surface area contributed by atoms with Crippen LogP contribution in [-0.4, -0.2) is 16.7 Å². The summed E-state index contributed by atoms with van der Waals surface area (Å²) in [5.41, 5.74) is 2.56.